The van der Waals surface area contributed by atoms with Crippen molar-refractivity contribution in [3.63, 3.8) is 0 Å². The fraction of sp³-hybridized carbons (Fsp3) is 0.393. The molecule has 0 heterocycles. The molecule has 1 fully saturated rings. The highest BCUT2D eigenvalue weighted by molar-refractivity contribution is 6.34. The number of aliphatic carboxylic acids is 1. The number of carboxylic acid groups (broad SMARTS) is 2. The number of aromatic carboxylic acids is 1. The fourth-order valence-electron chi connectivity index (χ4n) is 4.74. The molecule has 192 valence electrons. The summed E-state index contributed by atoms with van der Waals surface area (Å²) in [7, 11) is 0. The van der Waals surface area contributed by atoms with E-state index < -0.39 is 48.2 Å². The van der Waals surface area contributed by atoms with Gasteiger partial charge >= 0.3 is 11.9 Å². The Morgan fingerprint density at radius 2 is 1.89 bits per heavy atom. The van der Waals surface area contributed by atoms with Gasteiger partial charge in [-0.25, -0.2) is 4.79 Å². The first-order chi connectivity index (χ1) is 17.1. The van der Waals surface area contributed by atoms with Crippen LogP contribution in [-0.2, 0) is 15.2 Å². The van der Waals surface area contributed by atoms with Gasteiger partial charge in [-0.15, -0.1) is 0 Å². The number of hydrogen-bond acceptors (Lipinski definition) is 5. The third-order valence-electron chi connectivity index (χ3n) is 6.67. The number of ketones is 1. The molecule has 0 saturated heterocycles. The molecule has 0 amide bonds. The molecule has 0 aliphatic heterocycles. The highest BCUT2D eigenvalue weighted by Crippen LogP contribution is 2.44. The van der Waals surface area contributed by atoms with Crippen LogP contribution in [0.4, 0.5) is 0 Å². The summed E-state index contributed by atoms with van der Waals surface area (Å²) in [6, 6.07) is 9.63. The molecule has 1 saturated carbocycles. The van der Waals surface area contributed by atoms with E-state index in [2.05, 4.69) is 13.0 Å². The Morgan fingerprint density at radius 3 is 2.56 bits per heavy atom. The van der Waals surface area contributed by atoms with Crippen LogP contribution in [-0.4, -0.2) is 44.3 Å². The van der Waals surface area contributed by atoms with Crippen molar-refractivity contribution in [2.45, 2.75) is 63.6 Å². The summed E-state index contributed by atoms with van der Waals surface area (Å²) < 4.78 is 0. The number of carbonyl (C=O) groups excluding carboxylic acids is 1. The van der Waals surface area contributed by atoms with Crippen LogP contribution in [0.2, 0.25) is 5.02 Å². The maximum absolute atomic E-state index is 12.9. The van der Waals surface area contributed by atoms with Gasteiger partial charge in [0.15, 0.2) is 11.4 Å². The van der Waals surface area contributed by atoms with Gasteiger partial charge in [0, 0.05) is 17.0 Å². The Bertz CT molecular complexity index is 1170. The molecule has 0 bridgehead atoms. The normalized spacial score (nSPS) is 21.8. The first-order valence-electron chi connectivity index (χ1n) is 12.1. The van der Waals surface area contributed by atoms with Crippen LogP contribution in [0.1, 0.15) is 73.4 Å². The number of allylic oxidation sites excluding steroid dienone is 1. The van der Waals surface area contributed by atoms with E-state index in [4.69, 9.17) is 16.7 Å². The van der Waals surface area contributed by atoms with Gasteiger partial charge in [-0.2, -0.15) is 0 Å². The number of aliphatic hydroxyl groups excluding tert-OH is 1. The van der Waals surface area contributed by atoms with Crippen LogP contribution in [0.3, 0.4) is 0 Å². The minimum Gasteiger partial charge on any atom is -0.481 e. The Labute approximate surface area is 215 Å². The maximum atomic E-state index is 12.9. The Hall–Kier alpha value is -3.00. The van der Waals surface area contributed by atoms with E-state index in [-0.39, 0.29) is 11.1 Å². The topological polar surface area (TPSA) is 132 Å². The number of rotatable bonds is 11. The monoisotopic (exact) mass is 514 g/mol. The molecule has 0 unspecified atom stereocenters. The van der Waals surface area contributed by atoms with Crippen molar-refractivity contribution < 1.29 is 34.8 Å². The van der Waals surface area contributed by atoms with E-state index >= 15 is 0 Å². The third kappa shape index (κ3) is 5.86. The average Bonchev–Trinajstić information content (AvgIpc) is 3.05. The molecule has 1 aliphatic rings. The van der Waals surface area contributed by atoms with Crippen LogP contribution in [0, 0.1) is 5.92 Å². The van der Waals surface area contributed by atoms with Gasteiger partial charge in [0.1, 0.15) is 6.10 Å². The minimum absolute atomic E-state index is 0.197. The molecule has 8 heteroatoms. The molecule has 3 rings (SSSR count). The third-order valence-corrected chi connectivity index (χ3v) is 7.10. The molecule has 3 atom stereocenters. The van der Waals surface area contributed by atoms with Gasteiger partial charge in [0.2, 0.25) is 0 Å². The van der Waals surface area contributed by atoms with E-state index in [0.717, 1.165) is 24.8 Å². The van der Waals surface area contributed by atoms with Gasteiger partial charge in [-0.1, -0.05) is 74.2 Å². The van der Waals surface area contributed by atoms with Crippen LogP contribution in [0.5, 0.6) is 0 Å². The number of Topliss-reactive ketones (excluding diaryl/α,β-unsaturated/α-hetero) is 1. The number of carboxylic acids is 2. The largest absolute Gasteiger partial charge is 0.481 e. The van der Waals surface area contributed by atoms with Crippen molar-refractivity contribution in [2.75, 3.05) is 0 Å². The van der Waals surface area contributed by atoms with E-state index in [9.17, 15) is 29.7 Å². The molecule has 2 aromatic carbocycles. The highest BCUT2D eigenvalue weighted by Gasteiger charge is 2.54. The average molecular weight is 515 g/mol. The number of unbranched alkanes of at least 4 members (excludes halogenated alkanes) is 4. The quantitative estimate of drug-likeness (QED) is 0.299. The zero-order chi connectivity index (χ0) is 26.5. The zero-order valence-corrected chi connectivity index (χ0v) is 20.9. The molecule has 4 N–H and O–H groups in total. The van der Waals surface area contributed by atoms with E-state index in [1.54, 1.807) is 12.1 Å². The van der Waals surface area contributed by atoms with Crippen LogP contribution < -0.4 is 0 Å². The van der Waals surface area contributed by atoms with Crippen molar-refractivity contribution in [1.29, 1.82) is 0 Å². The summed E-state index contributed by atoms with van der Waals surface area (Å²) in [5.74, 6) is -4.65. The van der Waals surface area contributed by atoms with Gasteiger partial charge in [0.05, 0.1) is 17.0 Å². The molecule has 7 nitrogen and oxygen atoms in total. The summed E-state index contributed by atoms with van der Waals surface area (Å²) in [4.78, 5) is 36.0. The molecular weight excluding hydrogens is 484 g/mol. The lowest BCUT2D eigenvalue weighted by molar-refractivity contribution is -0.141. The number of hydrogen-bond donors (Lipinski definition) is 4. The predicted octanol–water partition coefficient (Wildman–Crippen LogP) is 5.30. The van der Waals surface area contributed by atoms with E-state index in [0.29, 0.717) is 16.1 Å². The summed E-state index contributed by atoms with van der Waals surface area (Å²) in [5, 5.41) is 40.9. The molecular formula is C28H31ClO7. The molecule has 0 radical (unpaired) electrons. The van der Waals surface area contributed by atoms with Crippen molar-refractivity contribution in [2.24, 2.45) is 5.92 Å². The second kappa shape index (κ2) is 11.8. The summed E-state index contributed by atoms with van der Waals surface area (Å²) >= 11 is 6.68. The first kappa shape index (κ1) is 27.6. The second-order valence-corrected chi connectivity index (χ2v) is 9.64. The van der Waals surface area contributed by atoms with Crippen molar-refractivity contribution >= 4 is 35.4 Å². The van der Waals surface area contributed by atoms with Crippen molar-refractivity contribution in [1.82, 2.24) is 0 Å². The lowest BCUT2D eigenvalue weighted by Gasteiger charge is -2.24. The Kier molecular flexibility index (Phi) is 9.06. The van der Waals surface area contributed by atoms with Gasteiger partial charge in [0.25, 0.3) is 0 Å². The number of aliphatic hydroxyl groups is 2. The number of carbonyl (C=O) groups is 3. The fourth-order valence-corrected chi connectivity index (χ4v) is 5.04. The van der Waals surface area contributed by atoms with E-state index in [1.165, 1.54) is 25.0 Å². The lowest BCUT2D eigenvalue weighted by atomic mass is 9.84. The molecule has 0 aromatic heterocycles. The maximum Gasteiger partial charge on any atom is 0.336 e. The van der Waals surface area contributed by atoms with Crippen molar-refractivity contribution in [3.05, 3.63) is 64.2 Å². The van der Waals surface area contributed by atoms with Gasteiger partial charge < -0.3 is 20.4 Å². The predicted molar refractivity (Wildman–Crippen MR) is 137 cm³/mol. The van der Waals surface area contributed by atoms with Gasteiger partial charge in [-0.3, -0.25) is 9.59 Å². The second-order valence-electron chi connectivity index (χ2n) is 9.26. The Morgan fingerprint density at radius 1 is 1.14 bits per heavy atom. The molecule has 36 heavy (non-hydrogen) atoms. The highest BCUT2D eigenvalue weighted by atomic mass is 35.5. The van der Waals surface area contributed by atoms with E-state index in [1.807, 2.05) is 18.2 Å². The van der Waals surface area contributed by atoms with Crippen LogP contribution >= 0.6 is 11.6 Å². The van der Waals surface area contributed by atoms with Gasteiger partial charge in [-0.05, 0) is 42.5 Å². The van der Waals surface area contributed by atoms with Crippen LogP contribution in [0.15, 0.2) is 42.5 Å². The van der Waals surface area contributed by atoms with Crippen LogP contribution in [0.25, 0.3) is 17.2 Å². The zero-order valence-electron chi connectivity index (χ0n) is 20.1. The molecule has 0 spiro atoms. The number of benzene rings is 2. The molecule has 1 aliphatic carbocycles. The number of halogens is 1. The van der Waals surface area contributed by atoms with Crippen molar-refractivity contribution in [3.8, 4) is 11.1 Å². The molecule has 2 aromatic rings. The standard InChI is InChI=1S/C28H31ClO7/c1-2-3-4-5-6-7-9-17-10-8-11-20(24(17)29)18-12-13-21(27(34)35)22(14-18)28(36)16-19(15-23(30)31)25(32)26(28)33/h7-14,19,25,32,36H,2-6,15-16H2,1H3,(H,30,31)(H,34,35)/t19-,25-,28-/m0/s1. The minimum atomic E-state index is -2.34. The first-order valence-corrected chi connectivity index (χ1v) is 12.5. The smallest absolute Gasteiger partial charge is 0.336 e. The summed E-state index contributed by atoms with van der Waals surface area (Å²) in [6.07, 6.45) is 6.88. The Balaban J connectivity index is 1.99. The summed E-state index contributed by atoms with van der Waals surface area (Å²) in [6.45, 7) is 2.16. The summed E-state index contributed by atoms with van der Waals surface area (Å²) in [5.41, 5.74) is -1.00. The lowest BCUT2D eigenvalue weighted by Crippen LogP contribution is -2.36. The SMILES string of the molecule is CCCCCCC=Cc1cccc(-c2ccc(C(=O)O)c([C@@]3(O)C[C@H](CC(=O)O)[C@H](O)C3=O)c2)c1Cl.